The molecule has 0 fully saturated rings. The number of aryl methyl sites for hydroxylation is 1. The van der Waals surface area contributed by atoms with Crippen LogP contribution in [0.5, 0.6) is 0 Å². The van der Waals surface area contributed by atoms with Crippen LogP contribution in [0.1, 0.15) is 27.7 Å². The second kappa shape index (κ2) is 6.69. The van der Waals surface area contributed by atoms with E-state index in [1.54, 1.807) is 11.3 Å². The lowest BCUT2D eigenvalue weighted by molar-refractivity contribution is -0.384. The highest BCUT2D eigenvalue weighted by atomic mass is 35.5. The SMILES string of the molecule is CCc1ccsc1CNC(=O)c1ccc(Cl)c([N+](=O)[O-])c1. The number of nitro groups is 1. The number of amides is 1. The number of carbonyl (C=O) groups is 1. The molecule has 0 aliphatic rings. The van der Waals surface area contributed by atoms with Gasteiger partial charge in [-0.1, -0.05) is 18.5 Å². The minimum absolute atomic E-state index is 0.0167. The number of nitrogens with one attached hydrogen (secondary N) is 1. The van der Waals surface area contributed by atoms with E-state index in [2.05, 4.69) is 12.2 Å². The van der Waals surface area contributed by atoms with E-state index in [4.69, 9.17) is 11.6 Å². The maximum absolute atomic E-state index is 12.1. The van der Waals surface area contributed by atoms with E-state index in [1.165, 1.54) is 23.8 Å². The van der Waals surface area contributed by atoms with Gasteiger partial charge in [0.25, 0.3) is 11.6 Å². The molecule has 1 N–H and O–H groups in total. The Morgan fingerprint density at radius 1 is 1.43 bits per heavy atom. The fourth-order valence-corrected chi connectivity index (χ4v) is 3.00. The van der Waals surface area contributed by atoms with Crippen molar-refractivity contribution in [2.45, 2.75) is 19.9 Å². The van der Waals surface area contributed by atoms with Gasteiger partial charge in [0, 0.05) is 16.5 Å². The number of thiophene rings is 1. The molecule has 0 bridgehead atoms. The number of nitro benzene ring substituents is 1. The molecule has 0 radical (unpaired) electrons. The highest BCUT2D eigenvalue weighted by Gasteiger charge is 2.16. The van der Waals surface area contributed by atoms with Gasteiger partial charge in [-0.2, -0.15) is 0 Å². The molecule has 21 heavy (non-hydrogen) atoms. The van der Waals surface area contributed by atoms with E-state index >= 15 is 0 Å². The minimum Gasteiger partial charge on any atom is -0.347 e. The number of hydrogen-bond acceptors (Lipinski definition) is 4. The summed E-state index contributed by atoms with van der Waals surface area (Å²) in [5.41, 5.74) is 1.15. The third-order valence-electron chi connectivity index (χ3n) is 3.03. The molecule has 0 saturated carbocycles. The van der Waals surface area contributed by atoms with Gasteiger partial charge in [0.2, 0.25) is 0 Å². The Labute approximate surface area is 130 Å². The third-order valence-corrected chi connectivity index (χ3v) is 4.32. The maximum Gasteiger partial charge on any atom is 0.288 e. The third kappa shape index (κ3) is 3.59. The van der Waals surface area contributed by atoms with Crippen LogP contribution in [-0.4, -0.2) is 10.8 Å². The van der Waals surface area contributed by atoms with Crippen LogP contribution in [0.4, 0.5) is 5.69 Å². The molecule has 0 aliphatic carbocycles. The largest absolute Gasteiger partial charge is 0.347 e. The molecule has 1 aromatic heterocycles. The van der Waals surface area contributed by atoms with Crippen molar-refractivity contribution in [1.82, 2.24) is 5.32 Å². The van der Waals surface area contributed by atoms with Crippen LogP contribution in [-0.2, 0) is 13.0 Å². The molecule has 7 heteroatoms. The highest BCUT2D eigenvalue weighted by molar-refractivity contribution is 7.10. The zero-order chi connectivity index (χ0) is 15.4. The minimum atomic E-state index is -0.604. The summed E-state index contributed by atoms with van der Waals surface area (Å²) in [4.78, 5) is 23.4. The molecule has 5 nitrogen and oxygen atoms in total. The van der Waals surface area contributed by atoms with Crippen molar-refractivity contribution in [2.75, 3.05) is 0 Å². The summed E-state index contributed by atoms with van der Waals surface area (Å²) in [6.07, 6.45) is 0.904. The summed E-state index contributed by atoms with van der Waals surface area (Å²) in [5, 5.41) is 15.6. The number of benzene rings is 1. The summed E-state index contributed by atoms with van der Waals surface area (Å²) in [6.45, 7) is 2.46. The standard InChI is InChI=1S/C14H13ClN2O3S/c1-2-9-5-6-21-13(9)8-16-14(18)10-3-4-11(15)12(7-10)17(19)20/h3-7H,2,8H2,1H3,(H,16,18). The Morgan fingerprint density at radius 3 is 2.86 bits per heavy atom. The van der Waals surface area contributed by atoms with E-state index in [-0.39, 0.29) is 22.2 Å². The average Bonchev–Trinajstić information content (AvgIpc) is 2.92. The Morgan fingerprint density at radius 2 is 2.19 bits per heavy atom. The molecule has 1 heterocycles. The molecular weight excluding hydrogens is 312 g/mol. The van der Waals surface area contributed by atoms with Gasteiger partial charge in [-0.25, -0.2) is 0 Å². The average molecular weight is 325 g/mol. The Balaban J connectivity index is 2.10. The maximum atomic E-state index is 12.1. The van der Waals surface area contributed by atoms with Crippen LogP contribution < -0.4 is 5.32 Å². The first-order valence-corrected chi connectivity index (χ1v) is 7.56. The second-order valence-electron chi connectivity index (χ2n) is 4.33. The zero-order valence-electron chi connectivity index (χ0n) is 11.3. The normalized spacial score (nSPS) is 10.4. The quantitative estimate of drug-likeness (QED) is 0.671. The van der Waals surface area contributed by atoms with Gasteiger partial charge in [0.15, 0.2) is 0 Å². The van der Waals surface area contributed by atoms with Crippen LogP contribution >= 0.6 is 22.9 Å². The van der Waals surface area contributed by atoms with E-state index < -0.39 is 4.92 Å². The van der Waals surface area contributed by atoms with Gasteiger partial charge in [0.1, 0.15) is 5.02 Å². The number of halogens is 1. The second-order valence-corrected chi connectivity index (χ2v) is 5.74. The molecule has 1 aromatic carbocycles. The lowest BCUT2D eigenvalue weighted by atomic mass is 10.1. The Hall–Kier alpha value is -1.92. The monoisotopic (exact) mass is 324 g/mol. The summed E-state index contributed by atoms with van der Waals surface area (Å²) in [5.74, 6) is -0.356. The molecule has 0 aliphatic heterocycles. The number of hydrogen-bond donors (Lipinski definition) is 1. The topological polar surface area (TPSA) is 72.2 Å². The Kier molecular flexibility index (Phi) is 4.93. The van der Waals surface area contributed by atoms with Gasteiger partial charge in [-0.3, -0.25) is 14.9 Å². The van der Waals surface area contributed by atoms with Gasteiger partial charge in [0.05, 0.1) is 11.5 Å². The predicted molar refractivity (Wildman–Crippen MR) is 83.0 cm³/mol. The fraction of sp³-hybridized carbons (Fsp3) is 0.214. The van der Waals surface area contributed by atoms with Crippen molar-refractivity contribution in [3.63, 3.8) is 0 Å². The number of rotatable bonds is 5. The zero-order valence-corrected chi connectivity index (χ0v) is 12.8. The molecule has 110 valence electrons. The first-order chi connectivity index (χ1) is 10.0. The number of carbonyl (C=O) groups excluding carboxylic acids is 1. The number of nitrogens with zero attached hydrogens (tertiary/aromatic N) is 1. The molecule has 0 saturated heterocycles. The van der Waals surface area contributed by atoms with Crippen molar-refractivity contribution in [3.05, 3.63) is 60.8 Å². The van der Waals surface area contributed by atoms with Crippen LogP contribution in [0.15, 0.2) is 29.6 Å². The summed E-state index contributed by atoms with van der Waals surface area (Å²) >= 11 is 7.30. The predicted octanol–water partition coefficient (Wildman–Crippen LogP) is 3.80. The molecule has 2 aromatic rings. The van der Waals surface area contributed by atoms with E-state index in [0.717, 1.165) is 11.3 Å². The van der Waals surface area contributed by atoms with Crippen molar-refractivity contribution < 1.29 is 9.72 Å². The van der Waals surface area contributed by atoms with Crippen molar-refractivity contribution in [1.29, 1.82) is 0 Å². The van der Waals surface area contributed by atoms with Gasteiger partial charge < -0.3 is 5.32 Å². The van der Waals surface area contributed by atoms with Gasteiger partial charge in [-0.05, 0) is 35.6 Å². The molecular formula is C14H13ClN2O3S. The first-order valence-electron chi connectivity index (χ1n) is 6.30. The van der Waals surface area contributed by atoms with E-state index in [1.807, 2.05) is 11.4 Å². The lowest BCUT2D eigenvalue weighted by Gasteiger charge is -2.06. The van der Waals surface area contributed by atoms with Crippen molar-refractivity contribution in [2.24, 2.45) is 0 Å². The smallest absolute Gasteiger partial charge is 0.288 e. The molecule has 0 spiro atoms. The van der Waals surface area contributed by atoms with Crippen LogP contribution in [0.2, 0.25) is 5.02 Å². The summed E-state index contributed by atoms with van der Waals surface area (Å²) < 4.78 is 0. The van der Waals surface area contributed by atoms with Crippen LogP contribution in [0.25, 0.3) is 0 Å². The molecule has 1 amide bonds. The molecule has 0 atom stereocenters. The highest BCUT2D eigenvalue weighted by Crippen LogP contribution is 2.25. The summed E-state index contributed by atoms with van der Waals surface area (Å²) in [7, 11) is 0. The molecule has 2 rings (SSSR count). The first kappa shape index (κ1) is 15.5. The van der Waals surface area contributed by atoms with Gasteiger partial charge in [-0.15, -0.1) is 11.3 Å². The Bertz CT molecular complexity index is 685. The van der Waals surface area contributed by atoms with Crippen molar-refractivity contribution >= 4 is 34.5 Å². The van der Waals surface area contributed by atoms with Crippen molar-refractivity contribution in [3.8, 4) is 0 Å². The summed E-state index contributed by atoms with van der Waals surface area (Å²) in [6, 6.07) is 6.04. The van der Waals surface area contributed by atoms with E-state index in [9.17, 15) is 14.9 Å². The van der Waals surface area contributed by atoms with Crippen LogP contribution in [0.3, 0.4) is 0 Å². The molecule has 0 unspecified atom stereocenters. The lowest BCUT2D eigenvalue weighted by Crippen LogP contribution is -2.22. The van der Waals surface area contributed by atoms with E-state index in [0.29, 0.717) is 6.54 Å². The van der Waals surface area contributed by atoms with Crippen LogP contribution in [0, 0.1) is 10.1 Å². The van der Waals surface area contributed by atoms with Gasteiger partial charge >= 0.3 is 0 Å². The fourth-order valence-electron chi connectivity index (χ4n) is 1.89.